The molecule has 0 saturated heterocycles. The molecule has 3 aromatic rings. The Kier molecular flexibility index (Phi) is 3.09. The largest absolute Gasteiger partial charge is 0.399 e. The summed E-state index contributed by atoms with van der Waals surface area (Å²) < 4.78 is 40.1. The van der Waals surface area contributed by atoms with E-state index in [4.69, 9.17) is 5.73 Å². The fourth-order valence-corrected chi connectivity index (χ4v) is 1.95. The van der Waals surface area contributed by atoms with Gasteiger partial charge < -0.3 is 11.1 Å². The second-order valence-electron chi connectivity index (χ2n) is 4.37. The third-order valence-electron chi connectivity index (χ3n) is 2.91. The van der Waals surface area contributed by atoms with E-state index in [9.17, 15) is 13.2 Å². The van der Waals surface area contributed by atoms with Gasteiger partial charge in [-0.05, 0) is 18.2 Å². The van der Waals surface area contributed by atoms with Crippen molar-refractivity contribution in [1.29, 1.82) is 0 Å². The van der Waals surface area contributed by atoms with Crippen molar-refractivity contribution in [2.75, 3.05) is 11.1 Å². The Morgan fingerprint density at radius 1 is 1.00 bits per heavy atom. The summed E-state index contributed by atoms with van der Waals surface area (Å²) in [5.74, 6) is -3.16. The maximum absolute atomic E-state index is 13.7. The Labute approximate surface area is 117 Å². The minimum atomic E-state index is -1.28. The van der Waals surface area contributed by atoms with Gasteiger partial charge in [-0.2, -0.15) is 0 Å². The fraction of sp³-hybridized carbons (Fsp3) is 0. The van der Waals surface area contributed by atoms with E-state index < -0.39 is 17.5 Å². The van der Waals surface area contributed by atoms with Gasteiger partial charge in [0, 0.05) is 23.2 Å². The molecule has 3 N–H and O–H groups in total. The minimum absolute atomic E-state index is 0.205. The van der Waals surface area contributed by atoms with E-state index in [1.54, 1.807) is 18.2 Å². The summed E-state index contributed by atoms with van der Waals surface area (Å²) in [7, 11) is 0. The topological polar surface area (TPSA) is 63.8 Å². The maximum atomic E-state index is 13.7. The highest BCUT2D eigenvalue weighted by molar-refractivity contribution is 5.92. The highest BCUT2D eigenvalue weighted by atomic mass is 19.2. The molecular weight excluding hydrogens is 281 g/mol. The van der Waals surface area contributed by atoms with Crippen molar-refractivity contribution < 1.29 is 13.2 Å². The van der Waals surface area contributed by atoms with Crippen LogP contribution in [-0.2, 0) is 0 Å². The summed E-state index contributed by atoms with van der Waals surface area (Å²) in [4.78, 5) is 7.99. The fourth-order valence-electron chi connectivity index (χ4n) is 1.95. The molecule has 2 aromatic carbocycles. The number of nitrogens with zero attached hydrogens (tertiary/aromatic N) is 2. The van der Waals surface area contributed by atoms with Crippen molar-refractivity contribution >= 4 is 28.1 Å². The smallest absolute Gasteiger partial charge is 0.182 e. The number of benzene rings is 2. The third kappa shape index (κ3) is 2.45. The molecule has 21 heavy (non-hydrogen) atoms. The molecule has 3 rings (SSSR count). The van der Waals surface area contributed by atoms with Crippen molar-refractivity contribution in [2.24, 2.45) is 0 Å². The molecular formula is C14H9F3N4. The number of halogens is 3. The summed E-state index contributed by atoms with van der Waals surface area (Å²) in [6, 6.07) is 6.22. The van der Waals surface area contributed by atoms with Gasteiger partial charge in [-0.3, -0.25) is 0 Å². The van der Waals surface area contributed by atoms with Gasteiger partial charge in [0.15, 0.2) is 11.6 Å². The van der Waals surface area contributed by atoms with Crippen molar-refractivity contribution in [2.45, 2.75) is 0 Å². The zero-order valence-electron chi connectivity index (χ0n) is 10.6. The van der Waals surface area contributed by atoms with Gasteiger partial charge in [0.05, 0.1) is 11.2 Å². The van der Waals surface area contributed by atoms with Gasteiger partial charge in [-0.25, -0.2) is 23.1 Å². The lowest BCUT2D eigenvalue weighted by atomic mass is 10.2. The number of hydrogen-bond acceptors (Lipinski definition) is 4. The number of nitrogens with one attached hydrogen (secondary N) is 1. The first-order valence-electron chi connectivity index (χ1n) is 5.96. The van der Waals surface area contributed by atoms with Crippen LogP contribution >= 0.6 is 0 Å². The summed E-state index contributed by atoms with van der Waals surface area (Å²) in [5.41, 5.74) is 6.37. The highest BCUT2D eigenvalue weighted by Crippen LogP contribution is 2.27. The Balaban J connectivity index is 2.12. The van der Waals surface area contributed by atoms with Crippen LogP contribution in [0, 0.1) is 17.5 Å². The van der Waals surface area contributed by atoms with Crippen molar-refractivity contribution in [3.05, 3.63) is 54.1 Å². The van der Waals surface area contributed by atoms with Gasteiger partial charge >= 0.3 is 0 Å². The van der Waals surface area contributed by atoms with Gasteiger partial charge in [-0.15, -0.1) is 0 Å². The van der Waals surface area contributed by atoms with Crippen LogP contribution in [0.25, 0.3) is 10.9 Å². The summed E-state index contributed by atoms with van der Waals surface area (Å²) in [6.07, 6.45) is 1.26. The number of nitrogen functional groups attached to an aromatic ring is 1. The second kappa shape index (κ2) is 4.93. The Bertz CT molecular complexity index is 836. The van der Waals surface area contributed by atoms with Crippen LogP contribution in [0.4, 0.5) is 30.4 Å². The predicted molar refractivity (Wildman–Crippen MR) is 73.5 cm³/mol. The molecule has 0 radical (unpaired) electrons. The molecule has 7 heteroatoms. The number of fused-ring (bicyclic) bond motifs is 1. The predicted octanol–water partition coefficient (Wildman–Crippen LogP) is 3.37. The first kappa shape index (κ1) is 13.2. The van der Waals surface area contributed by atoms with E-state index in [-0.39, 0.29) is 11.5 Å². The quantitative estimate of drug-likeness (QED) is 0.561. The first-order chi connectivity index (χ1) is 10.0. The van der Waals surface area contributed by atoms with Gasteiger partial charge in [-0.1, -0.05) is 0 Å². The Morgan fingerprint density at radius 3 is 2.62 bits per heavy atom. The molecule has 106 valence electrons. The maximum Gasteiger partial charge on any atom is 0.182 e. The van der Waals surface area contributed by atoms with Gasteiger partial charge in [0.1, 0.15) is 18.0 Å². The van der Waals surface area contributed by atoms with Crippen molar-refractivity contribution in [1.82, 2.24) is 9.97 Å². The standard InChI is InChI=1S/C14H9F3N4/c15-7-3-10(16)13(17)12(4-7)21-14-9-5-8(18)1-2-11(9)19-6-20-14/h1-6H,18H2,(H,19,20,21). The summed E-state index contributed by atoms with van der Waals surface area (Å²) >= 11 is 0. The average Bonchev–Trinajstić information content (AvgIpc) is 2.45. The zero-order chi connectivity index (χ0) is 15.0. The van der Waals surface area contributed by atoms with Crippen molar-refractivity contribution in [3.63, 3.8) is 0 Å². The second-order valence-corrected chi connectivity index (χ2v) is 4.37. The van der Waals surface area contributed by atoms with Crippen LogP contribution in [0.5, 0.6) is 0 Å². The molecule has 0 fully saturated rings. The molecule has 0 atom stereocenters. The summed E-state index contributed by atoms with van der Waals surface area (Å²) in [5, 5.41) is 3.08. The molecule has 0 saturated carbocycles. The van der Waals surface area contributed by atoms with E-state index in [1.807, 2.05) is 0 Å². The molecule has 0 aliphatic carbocycles. The van der Waals surface area contributed by atoms with Gasteiger partial charge in [0.25, 0.3) is 0 Å². The molecule has 1 heterocycles. The van der Waals surface area contributed by atoms with Crippen LogP contribution < -0.4 is 11.1 Å². The monoisotopic (exact) mass is 290 g/mol. The van der Waals surface area contributed by atoms with E-state index in [2.05, 4.69) is 15.3 Å². The zero-order valence-corrected chi connectivity index (χ0v) is 10.6. The lowest BCUT2D eigenvalue weighted by molar-refractivity contribution is 0.498. The van der Waals surface area contributed by atoms with E-state index in [1.165, 1.54) is 6.33 Å². The lowest BCUT2D eigenvalue weighted by Crippen LogP contribution is -2.01. The van der Waals surface area contributed by atoms with Crippen LogP contribution in [0.1, 0.15) is 0 Å². The van der Waals surface area contributed by atoms with E-state index in [0.717, 1.165) is 6.07 Å². The Hall–Kier alpha value is -2.83. The molecule has 0 aliphatic heterocycles. The molecule has 0 amide bonds. The molecule has 0 unspecified atom stereocenters. The van der Waals surface area contributed by atoms with E-state index >= 15 is 0 Å². The SMILES string of the molecule is Nc1ccc2ncnc(Nc3cc(F)cc(F)c3F)c2c1. The normalized spacial score (nSPS) is 10.8. The first-order valence-corrected chi connectivity index (χ1v) is 5.96. The number of hydrogen-bond donors (Lipinski definition) is 2. The number of anilines is 3. The van der Waals surface area contributed by atoms with Crippen LogP contribution in [-0.4, -0.2) is 9.97 Å². The molecule has 0 bridgehead atoms. The lowest BCUT2D eigenvalue weighted by Gasteiger charge is -2.10. The van der Waals surface area contributed by atoms with E-state index in [0.29, 0.717) is 22.7 Å². The van der Waals surface area contributed by atoms with Crippen molar-refractivity contribution in [3.8, 4) is 0 Å². The number of aromatic nitrogens is 2. The summed E-state index contributed by atoms with van der Waals surface area (Å²) in [6.45, 7) is 0. The van der Waals surface area contributed by atoms with Crippen LogP contribution in [0.3, 0.4) is 0 Å². The molecule has 0 spiro atoms. The van der Waals surface area contributed by atoms with Crippen LogP contribution in [0.15, 0.2) is 36.7 Å². The average molecular weight is 290 g/mol. The number of rotatable bonds is 2. The minimum Gasteiger partial charge on any atom is -0.399 e. The third-order valence-corrected chi connectivity index (χ3v) is 2.91. The molecule has 4 nitrogen and oxygen atoms in total. The van der Waals surface area contributed by atoms with Crippen LogP contribution in [0.2, 0.25) is 0 Å². The molecule has 0 aliphatic rings. The van der Waals surface area contributed by atoms with Gasteiger partial charge in [0.2, 0.25) is 0 Å². The molecule has 1 aromatic heterocycles. The number of nitrogens with two attached hydrogens (primary N) is 1. The highest BCUT2D eigenvalue weighted by Gasteiger charge is 2.13. The Morgan fingerprint density at radius 2 is 1.81 bits per heavy atom.